The monoisotopic (exact) mass is 382 g/mol. The van der Waals surface area contributed by atoms with Gasteiger partial charge in [0.1, 0.15) is 5.02 Å². The summed E-state index contributed by atoms with van der Waals surface area (Å²) >= 11 is 5.95. The number of hydrogen-bond donors (Lipinski definition) is 2. The second-order valence-electron chi connectivity index (χ2n) is 6.36. The van der Waals surface area contributed by atoms with Gasteiger partial charge in [-0.3, -0.25) is 14.7 Å². The van der Waals surface area contributed by atoms with Gasteiger partial charge in [0.15, 0.2) is 11.8 Å². The lowest BCUT2D eigenvalue weighted by Crippen LogP contribution is -2.13. The third-order valence-electron chi connectivity index (χ3n) is 4.77. The van der Waals surface area contributed by atoms with Crippen molar-refractivity contribution in [3.63, 3.8) is 0 Å². The van der Waals surface area contributed by atoms with Gasteiger partial charge in [-0.2, -0.15) is 0 Å². The minimum Gasteiger partial charge on any atom is -0.494 e. The molecule has 0 saturated heterocycles. The van der Waals surface area contributed by atoms with Crippen LogP contribution in [0.1, 0.15) is 22.6 Å². The number of allylic oxidation sites excluding steroid dienone is 2. The van der Waals surface area contributed by atoms with Gasteiger partial charge in [-0.15, -0.1) is 0 Å². The van der Waals surface area contributed by atoms with Crippen LogP contribution in [-0.2, 0) is 6.42 Å². The highest BCUT2D eigenvalue weighted by atomic mass is 35.5. The molecule has 1 atom stereocenters. The molecule has 27 heavy (non-hydrogen) atoms. The molecule has 6 nitrogen and oxygen atoms in total. The molecule has 1 aromatic heterocycles. The Bertz CT molecular complexity index is 1070. The Labute approximate surface area is 159 Å². The molecule has 2 aromatic carbocycles. The van der Waals surface area contributed by atoms with Crippen LogP contribution in [0.3, 0.4) is 0 Å². The molecule has 1 aliphatic rings. The van der Waals surface area contributed by atoms with Crippen molar-refractivity contribution in [1.82, 2.24) is 4.57 Å². The zero-order valence-corrected chi connectivity index (χ0v) is 14.8. The number of nitrogens with zero attached hydrogens (tertiary/aromatic N) is 2. The number of rotatable bonds is 3. The second-order valence-corrected chi connectivity index (χ2v) is 6.77. The topological polar surface area (TPSA) is 88.5 Å². The number of nitro benzene ring substituents is 1. The molecule has 0 aliphatic heterocycles. The highest BCUT2D eigenvalue weighted by molar-refractivity contribution is 6.32. The predicted octanol–water partition coefficient (Wildman–Crippen LogP) is 4.69. The van der Waals surface area contributed by atoms with Crippen LogP contribution in [-0.4, -0.2) is 19.7 Å². The lowest BCUT2D eigenvalue weighted by molar-refractivity contribution is -0.384. The molecule has 2 N–H and O–H groups in total. The van der Waals surface area contributed by atoms with Gasteiger partial charge < -0.3 is 10.2 Å². The average molecular weight is 383 g/mol. The maximum atomic E-state index is 11.3. The Morgan fingerprint density at radius 1 is 1.07 bits per heavy atom. The molecular weight excluding hydrogens is 368 g/mol. The van der Waals surface area contributed by atoms with E-state index in [0.29, 0.717) is 17.7 Å². The van der Waals surface area contributed by atoms with Crippen LogP contribution in [0.4, 0.5) is 5.69 Å². The molecule has 0 fully saturated rings. The Balaban J connectivity index is 1.90. The highest BCUT2D eigenvalue weighted by Crippen LogP contribution is 2.41. The summed E-state index contributed by atoms with van der Waals surface area (Å²) in [6, 6.07) is 15.4. The van der Waals surface area contributed by atoms with E-state index in [0.717, 1.165) is 11.1 Å². The first kappa shape index (κ1) is 17.2. The van der Waals surface area contributed by atoms with Crippen molar-refractivity contribution in [1.29, 1.82) is 0 Å². The number of fused-ring (bicyclic) bond motifs is 1. The summed E-state index contributed by atoms with van der Waals surface area (Å²) in [5, 5.41) is 31.6. The molecule has 1 heterocycles. The quantitative estimate of drug-likeness (QED) is 0.508. The molecule has 7 heteroatoms. The zero-order valence-electron chi connectivity index (χ0n) is 14.0. The van der Waals surface area contributed by atoms with Gasteiger partial charge in [0.2, 0.25) is 0 Å². The Hall–Kier alpha value is -3.25. The van der Waals surface area contributed by atoms with Gasteiger partial charge in [-0.05, 0) is 22.8 Å². The minimum atomic E-state index is -0.505. The SMILES string of the molecule is O=[N+]([O-])c1cc(C2C=C(n3c(O)ccc3O)Cc3ccccc32)ccc1Cl. The lowest BCUT2D eigenvalue weighted by Gasteiger charge is -2.26. The van der Waals surface area contributed by atoms with Crippen LogP contribution in [0.15, 0.2) is 60.7 Å². The summed E-state index contributed by atoms with van der Waals surface area (Å²) in [6.45, 7) is 0. The minimum absolute atomic E-state index is 0.0704. The third kappa shape index (κ3) is 2.94. The Morgan fingerprint density at radius 2 is 1.78 bits per heavy atom. The van der Waals surface area contributed by atoms with E-state index in [1.807, 2.05) is 30.3 Å². The van der Waals surface area contributed by atoms with Gasteiger partial charge in [-0.25, -0.2) is 0 Å². The fraction of sp³-hybridized carbons (Fsp3) is 0.100. The second kappa shape index (κ2) is 6.48. The van der Waals surface area contributed by atoms with Crippen LogP contribution in [0.25, 0.3) is 5.70 Å². The van der Waals surface area contributed by atoms with E-state index < -0.39 is 4.92 Å². The fourth-order valence-electron chi connectivity index (χ4n) is 3.54. The number of benzene rings is 2. The smallest absolute Gasteiger partial charge is 0.288 e. The first-order valence-corrected chi connectivity index (χ1v) is 8.66. The first-order chi connectivity index (χ1) is 13.0. The van der Waals surface area contributed by atoms with Gasteiger partial charge >= 0.3 is 0 Å². The molecule has 1 unspecified atom stereocenters. The lowest BCUT2D eigenvalue weighted by atomic mass is 9.82. The van der Waals surface area contributed by atoms with E-state index in [1.165, 1.54) is 28.8 Å². The summed E-state index contributed by atoms with van der Waals surface area (Å²) in [5.74, 6) is -0.417. The van der Waals surface area contributed by atoms with Crippen LogP contribution in [0.5, 0.6) is 11.8 Å². The van der Waals surface area contributed by atoms with Gasteiger partial charge in [0.05, 0.1) is 4.92 Å². The Morgan fingerprint density at radius 3 is 2.48 bits per heavy atom. The average Bonchev–Trinajstić information content (AvgIpc) is 2.99. The van der Waals surface area contributed by atoms with E-state index in [2.05, 4.69) is 0 Å². The van der Waals surface area contributed by atoms with E-state index >= 15 is 0 Å². The number of hydrogen-bond acceptors (Lipinski definition) is 4. The molecule has 0 radical (unpaired) electrons. The largest absolute Gasteiger partial charge is 0.494 e. The van der Waals surface area contributed by atoms with Crippen molar-refractivity contribution >= 4 is 23.0 Å². The van der Waals surface area contributed by atoms with Gasteiger partial charge in [0, 0.05) is 36.2 Å². The fourth-order valence-corrected chi connectivity index (χ4v) is 3.72. The molecule has 0 spiro atoms. The molecule has 1 aliphatic carbocycles. The van der Waals surface area contributed by atoms with Crippen molar-refractivity contribution in [2.45, 2.75) is 12.3 Å². The van der Waals surface area contributed by atoms with Crippen LogP contribution >= 0.6 is 11.6 Å². The number of aromatic hydroxyl groups is 2. The zero-order chi connectivity index (χ0) is 19.1. The van der Waals surface area contributed by atoms with E-state index in [-0.39, 0.29) is 28.4 Å². The molecular formula is C20H15ClN2O4. The molecule has 3 aromatic rings. The standard InChI is InChI=1S/C20H15ClN2O4/c21-17-6-5-13(10-18(17)23(26)27)16-11-14(22-19(24)7-8-20(22)25)9-12-3-1-2-4-15(12)16/h1-8,10-11,16,24-25H,9H2. The van der Waals surface area contributed by atoms with Crippen LogP contribution in [0, 0.1) is 10.1 Å². The Kier molecular flexibility index (Phi) is 4.12. The van der Waals surface area contributed by atoms with E-state index in [9.17, 15) is 20.3 Å². The highest BCUT2D eigenvalue weighted by Gasteiger charge is 2.26. The number of aromatic nitrogens is 1. The third-order valence-corrected chi connectivity index (χ3v) is 5.09. The predicted molar refractivity (Wildman–Crippen MR) is 102 cm³/mol. The maximum Gasteiger partial charge on any atom is 0.288 e. The van der Waals surface area contributed by atoms with Crippen molar-refractivity contribution in [3.05, 3.63) is 92.5 Å². The first-order valence-electron chi connectivity index (χ1n) is 8.28. The van der Waals surface area contributed by atoms with E-state index in [1.54, 1.807) is 6.07 Å². The van der Waals surface area contributed by atoms with Crippen LogP contribution < -0.4 is 0 Å². The van der Waals surface area contributed by atoms with Crippen molar-refractivity contribution in [3.8, 4) is 11.8 Å². The van der Waals surface area contributed by atoms with Crippen LogP contribution in [0.2, 0.25) is 5.02 Å². The summed E-state index contributed by atoms with van der Waals surface area (Å²) in [5.41, 5.74) is 3.28. The van der Waals surface area contributed by atoms with Crippen molar-refractivity contribution < 1.29 is 15.1 Å². The normalized spacial score (nSPS) is 15.9. The summed E-state index contributed by atoms with van der Waals surface area (Å²) in [6.07, 6.45) is 2.41. The molecule has 0 amide bonds. The van der Waals surface area contributed by atoms with Crippen molar-refractivity contribution in [2.24, 2.45) is 0 Å². The van der Waals surface area contributed by atoms with Gasteiger partial charge in [-0.1, -0.05) is 48.0 Å². The summed E-state index contributed by atoms with van der Waals surface area (Å²) in [7, 11) is 0. The van der Waals surface area contributed by atoms with Gasteiger partial charge in [0.25, 0.3) is 5.69 Å². The van der Waals surface area contributed by atoms with Crippen molar-refractivity contribution in [2.75, 3.05) is 0 Å². The summed E-state index contributed by atoms with van der Waals surface area (Å²) in [4.78, 5) is 10.8. The summed E-state index contributed by atoms with van der Waals surface area (Å²) < 4.78 is 1.37. The number of nitro groups is 1. The maximum absolute atomic E-state index is 11.3. The molecule has 136 valence electrons. The molecule has 0 saturated carbocycles. The molecule has 4 rings (SSSR count). The molecule has 0 bridgehead atoms. The van der Waals surface area contributed by atoms with E-state index in [4.69, 9.17) is 11.6 Å². The number of halogens is 1.